The van der Waals surface area contributed by atoms with Gasteiger partial charge in [0.2, 0.25) is 0 Å². The number of hydrogen-bond donors (Lipinski definition) is 1. The van der Waals surface area contributed by atoms with Gasteiger partial charge in [-0.1, -0.05) is 13.3 Å². The van der Waals surface area contributed by atoms with Gasteiger partial charge in [0.25, 0.3) is 0 Å². The molecule has 0 amide bonds. The van der Waals surface area contributed by atoms with Crippen LogP contribution in [0.1, 0.15) is 31.4 Å². The van der Waals surface area contributed by atoms with Gasteiger partial charge >= 0.3 is 0 Å². The molecule has 0 aliphatic carbocycles. The summed E-state index contributed by atoms with van der Waals surface area (Å²) in [5.41, 5.74) is 1.04. The Morgan fingerprint density at radius 1 is 1.06 bits per heavy atom. The summed E-state index contributed by atoms with van der Waals surface area (Å²) >= 11 is 0. The van der Waals surface area contributed by atoms with E-state index in [1.54, 1.807) is 0 Å². The average Bonchev–Trinajstić information content (AvgIpc) is 2.95. The summed E-state index contributed by atoms with van der Waals surface area (Å²) in [4.78, 5) is 0. The van der Waals surface area contributed by atoms with Crippen molar-refractivity contribution in [3.63, 3.8) is 0 Å². The zero-order chi connectivity index (χ0) is 10.9. The second kappa shape index (κ2) is 9.41. The van der Waals surface area contributed by atoms with Crippen LogP contribution in [0.3, 0.4) is 0 Å². The van der Waals surface area contributed by atoms with Gasteiger partial charge in [0.15, 0.2) is 0 Å². The summed E-state index contributed by atoms with van der Waals surface area (Å²) in [6.45, 7) is 2.08. The molecule has 0 spiro atoms. The van der Waals surface area contributed by atoms with Crippen LogP contribution < -0.4 is 0 Å². The van der Waals surface area contributed by atoms with Gasteiger partial charge in [-0.3, -0.25) is 0 Å². The van der Waals surface area contributed by atoms with Crippen molar-refractivity contribution in [2.45, 2.75) is 25.9 Å². The Kier molecular flexibility index (Phi) is 8.93. The van der Waals surface area contributed by atoms with Crippen LogP contribution in [0, 0.1) is 0 Å². The first-order valence-electron chi connectivity index (χ1n) is 5.41. The van der Waals surface area contributed by atoms with Crippen LogP contribution in [0.15, 0.2) is 54.6 Å². The van der Waals surface area contributed by atoms with E-state index in [1.807, 2.05) is 54.6 Å². The van der Waals surface area contributed by atoms with E-state index in [2.05, 4.69) is 6.92 Å². The molecular weight excluding hydrogens is 240 g/mol. The molecule has 0 radical (unpaired) electrons. The van der Waals surface area contributed by atoms with Crippen molar-refractivity contribution in [3.8, 4) is 0 Å². The second-order valence-electron chi connectivity index (χ2n) is 3.48. The van der Waals surface area contributed by atoms with Crippen molar-refractivity contribution in [2.75, 3.05) is 0 Å². The molecule has 0 saturated heterocycles. The summed E-state index contributed by atoms with van der Waals surface area (Å²) in [5.74, 6) is 0. The van der Waals surface area contributed by atoms with Crippen LogP contribution in [-0.4, -0.2) is 5.11 Å². The Bertz CT molecular complexity index is 293. The topological polar surface area (TPSA) is 20.2 Å². The monoisotopic (exact) mass is 258 g/mol. The fraction of sp³-hybridized carbons (Fsp3) is 0.286. The summed E-state index contributed by atoms with van der Waals surface area (Å²) < 4.78 is 0. The largest absolute Gasteiger partial charge is 0.748 e. The molecule has 0 bridgehead atoms. The third kappa shape index (κ3) is 5.92. The van der Waals surface area contributed by atoms with Gasteiger partial charge < -0.3 is 35.4 Å². The molecule has 1 nitrogen and oxygen atoms in total. The van der Waals surface area contributed by atoms with Crippen LogP contribution in [0.5, 0.6) is 0 Å². The fourth-order valence-corrected chi connectivity index (χ4v) is 1.37. The molecule has 1 atom stereocenters. The zero-order valence-corrected chi connectivity index (χ0v) is 10.6. The van der Waals surface area contributed by atoms with Gasteiger partial charge in [0.1, 0.15) is 0 Å². The van der Waals surface area contributed by atoms with Crippen LogP contribution in [0.2, 0.25) is 0 Å². The maximum Gasteiger partial charge on any atom is 0.0350 e. The van der Waals surface area contributed by atoms with Crippen LogP contribution in [-0.2, 0) is 17.1 Å². The fourth-order valence-electron chi connectivity index (χ4n) is 1.37. The molecule has 94 valence electrons. The molecule has 0 fully saturated rings. The smallest absolute Gasteiger partial charge is 0.0350 e. The van der Waals surface area contributed by atoms with E-state index in [9.17, 15) is 5.11 Å². The molecule has 0 heterocycles. The molecule has 0 aliphatic heterocycles. The minimum absolute atomic E-state index is 0. The van der Waals surface area contributed by atoms with Crippen LogP contribution in [0.4, 0.5) is 0 Å². The second-order valence-corrected chi connectivity index (χ2v) is 3.48. The summed E-state index contributed by atoms with van der Waals surface area (Å²) in [7, 11) is 0. The van der Waals surface area contributed by atoms with Gasteiger partial charge in [-0.25, -0.2) is 12.1 Å². The predicted molar refractivity (Wildman–Crippen MR) is 63.9 cm³/mol. The van der Waals surface area contributed by atoms with Crippen LogP contribution >= 0.6 is 0 Å². The van der Waals surface area contributed by atoms with Gasteiger partial charge in [-0.05, 0) is 6.42 Å². The molecule has 0 aliphatic rings. The van der Waals surface area contributed by atoms with E-state index in [0.29, 0.717) is 0 Å². The summed E-state index contributed by atoms with van der Waals surface area (Å²) in [5, 5.41) is 9.41. The van der Waals surface area contributed by atoms with E-state index in [-0.39, 0.29) is 23.2 Å². The standard InChI is InChI=1S/C9H13O.C5H5.Fe/c1-2-5-9(10)8-6-3-4-7-8;1-2-4-5-3-1;/h3-4,6-7,9-10H,2,5H2,1H3;1-5H;/q-1;-5;. The van der Waals surface area contributed by atoms with Crippen molar-refractivity contribution in [2.24, 2.45) is 0 Å². The first-order chi connectivity index (χ1) is 7.34. The molecule has 2 aromatic rings. The van der Waals surface area contributed by atoms with Gasteiger partial charge in [0, 0.05) is 23.2 Å². The maximum atomic E-state index is 9.41. The third-order valence-corrected chi connectivity index (χ3v) is 2.19. The van der Waals surface area contributed by atoms with E-state index in [0.717, 1.165) is 18.4 Å². The molecule has 2 aromatic carbocycles. The number of hydrogen-bond acceptors (Lipinski definition) is 1. The minimum atomic E-state index is -0.250. The molecule has 1 unspecified atom stereocenters. The summed E-state index contributed by atoms with van der Waals surface area (Å²) in [6.07, 6.45) is 1.65. The molecule has 16 heavy (non-hydrogen) atoms. The molecule has 0 aromatic heterocycles. The number of aliphatic hydroxyl groups excluding tert-OH is 1. The van der Waals surface area contributed by atoms with Crippen molar-refractivity contribution < 1.29 is 22.2 Å². The van der Waals surface area contributed by atoms with E-state index >= 15 is 0 Å². The number of aliphatic hydroxyl groups is 1. The van der Waals surface area contributed by atoms with E-state index < -0.39 is 0 Å². The van der Waals surface area contributed by atoms with Gasteiger partial charge in [-0.15, -0.1) is 5.56 Å². The summed E-state index contributed by atoms with van der Waals surface area (Å²) in [6, 6.07) is 17.8. The van der Waals surface area contributed by atoms with Crippen molar-refractivity contribution >= 4 is 0 Å². The van der Waals surface area contributed by atoms with Crippen molar-refractivity contribution in [1.82, 2.24) is 0 Å². The first kappa shape index (κ1) is 15.2. The quantitative estimate of drug-likeness (QED) is 0.658. The van der Waals surface area contributed by atoms with Crippen molar-refractivity contribution in [1.29, 1.82) is 0 Å². The molecular formula is C14H18FeO-6. The molecule has 0 saturated carbocycles. The van der Waals surface area contributed by atoms with E-state index in [4.69, 9.17) is 0 Å². The minimum Gasteiger partial charge on any atom is -0.748 e. The average molecular weight is 258 g/mol. The Balaban J connectivity index is 0.000000318. The Labute approximate surface area is 108 Å². The van der Waals surface area contributed by atoms with Crippen molar-refractivity contribution in [3.05, 3.63) is 60.2 Å². The molecule has 2 heteroatoms. The van der Waals surface area contributed by atoms with Gasteiger partial charge in [-0.2, -0.15) is 12.1 Å². The Hall–Kier alpha value is -0.821. The van der Waals surface area contributed by atoms with Gasteiger partial charge in [0.05, 0.1) is 0 Å². The first-order valence-corrected chi connectivity index (χ1v) is 5.41. The zero-order valence-electron chi connectivity index (χ0n) is 9.49. The van der Waals surface area contributed by atoms with Crippen LogP contribution in [0.25, 0.3) is 0 Å². The van der Waals surface area contributed by atoms with E-state index in [1.165, 1.54) is 0 Å². The Morgan fingerprint density at radius 2 is 1.50 bits per heavy atom. The predicted octanol–water partition coefficient (Wildman–Crippen LogP) is 3.64. The third-order valence-electron chi connectivity index (χ3n) is 2.19. The normalized spacial score (nSPS) is 10.9. The SMILES string of the molecule is CCCC(O)[c-]1cccc1.[Fe].[cH-]1[cH-][cH-][cH-][cH-]1. The Morgan fingerprint density at radius 3 is 1.88 bits per heavy atom. The molecule has 1 N–H and O–H groups in total. The maximum absolute atomic E-state index is 9.41. The molecule has 2 rings (SSSR count). The number of rotatable bonds is 3.